The van der Waals surface area contributed by atoms with Gasteiger partial charge in [0, 0.05) is 10.9 Å². The lowest BCUT2D eigenvalue weighted by molar-refractivity contribution is 1.05. The topological polar surface area (TPSA) is 45.8 Å². The zero-order valence-corrected chi connectivity index (χ0v) is 11.4. The Morgan fingerprint density at radius 3 is 2.56 bits per heavy atom. The van der Waals surface area contributed by atoms with Gasteiger partial charge in [-0.2, -0.15) is 0 Å². The van der Waals surface area contributed by atoms with Crippen molar-refractivity contribution in [3.05, 3.63) is 50.9 Å². The molecule has 0 saturated carbocycles. The van der Waals surface area contributed by atoms with Crippen molar-refractivity contribution in [1.29, 1.82) is 0 Å². The molecule has 0 spiro atoms. The largest absolute Gasteiger partial charge is 0.306 e. The Hall–Kier alpha value is -0.940. The second-order valence-corrected chi connectivity index (χ2v) is 4.53. The number of alkyl halides is 1. The minimum atomic E-state index is -0.164. The molecule has 0 amide bonds. The predicted molar refractivity (Wildman–Crippen MR) is 70.6 cm³/mol. The first-order valence-electron chi connectivity index (χ1n) is 4.62. The molecule has 1 N–H and O–H groups in total. The summed E-state index contributed by atoms with van der Waals surface area (Å²) in [5.74, 6) is 0.586. The maximum Gasteiger partial charge on any atom is 0.265 e. The van der Waals surface area contributed by atoms with E-state index in [1.165, 1.54) is 0 Å². The molecule has 3 nitrogen and oxygen atoms in total. The summed E-state index contributed by atoms with van der Waals surface area (Å²) in [5, 5.41) is 0.539. The molecule has 2 aromatic rings. The third kappa shape index (κ3) is 2.25. The van der Waals surface area contributed by atoms with Crippen molar-refractivity contribution in [3.63, 3.8) is 0 Å². The molecule has 82 valence electrons. The number of benzene rings is 1. The van der Waals surface area contributed by atoms with Gasteiger partial charge in [-0.3, -0.25) is 4.79 Å². The Morgan fingerprint density at radius 1 is 1.25 bits per heavy atom. The lowest BCUT2D eigenvalue weighted by Crippen LogP contribution is -2.12. The fraction of sp³-hybridized carbons (Fsp3) is 0.0909. The molecule has 2 rings (SSSR count). The van der Waals surface area contributed by atoms with Gasteiger partial charge in [0.1, 0.15) is 10.3 Å². The van der Waals surface area contributed by atoms with Crippen molar-refractivity contribution >= 4 is 31.9 Å². The molecule has 0 aliphatic carbocycles. The fourth-order valence-corrected chi connectivity index (χ4v) is 2.44. The summed E-state index contributed by atoms with van der Waals surface area (Å²) in [5.41, 5.74) is 1.43. The summed E-state index contributed by atoms with van der Waals surface area (Å²) >= 11 is 6.51. The smallest absolute Gasteiger partial charge is 0.265 e. The summed E-state index contributed by atoms with van der Waals surface area (Å²) in [6.07, 6.45) is 0. The molecule has 1 aromatic heterocycles. The molecule has 16 heavy (non-hydrogen) atoms. The quantitative estimate of drug-likeness (QED) is 0.851. The molecule has 0 aliphatic heterocycles. The van der Waals surface area contributed by atoms with Crippen molar-refractivity contribution in [2.45, 2.75) is 5.33 Å². The molecule has 0 aliphatic rings. The van der Waals surface area contributed by atoms with E-state index in [4.69, 9.17) is 0 Å². The van der Waals surface area contributed by atoms with Crippen molar-refractivity contribution in [1.82, 2.24) is 9.97 Å². The minimum Gasteiger partial charge on any atom is -0.306 e. The van der Waals surface area contributed by atoms with Crippen molar-refractivity contribution in [3.8, 4) is 11.4 Å². The Bertz CT molecular complexity index is 552. The third-order valence-electron chi connectivity index (χ3n) is 2.11. The van der Waals surface area contributed by atoms with Crippen LogP contribution in [0.2, 0.25) is 0 Å². The SMILES string of the molecule is O=c1[nH]c(-c2ccccc2)nc(CBr)c1Br. The van der Waals surface area contributed by atoms with Gasteiger partial charge in [-0.1, -0.05) is 46.3 Å². The van der Waals surface area contributed by atoms with Gasteiger partial charge < -0.3 is 4.98 Å². The highest BCUT2D eigenvalue weighted by molar-refractivity contribution is 9.10. The number of aromatic nitrogens is 2. The third-order valence-corrected chi connectivity index (χ3v) is 3.45. The van der Waals surface area contributed by atoms with E-state index >= 15 is 0 Å². The first-order chi connectivity index (χ1) is 7.72. The van der Waals surface area contributed by atoms with Crippen LogP contribution in [0.4, 0.5) is 0 Å². The van der Waals surface area contributed by atoms with Crippen LogP contribution in [0.25, 0.3) is 11.4 Å². The van der Waals surface area contributed by atoms with E-state index in [1.54, 1.807) is 0 Å². The van der Waals surface area contributed by atoms with Crippen LogP contribution in [0.5, 0.6) is 0 Å². The van der Waals surface area contributed by atoms with E-state index in [9.17, 15) is 4.79 Å². The van der Waals surface area contributed by atoms with Gasteiger partial charge in [0.05, 0.1) is 5.69 Å². The second-order valence-electron chi connectivity index (χ2n) is 3.17. The van der Waals surface area contributed by atoms with E-state index in [2.05, 4.69) is 41.8 Å². The van der Waals surface area contributed by atoms with Crippen LogP contribution in [-0.4, -0.2) is 9.97 Å². The highest BCUT2D eigenvalue weighted by atomic mass is 79.9. The summed E-state index contributed by atoms with van der Waals surface area (Å²) in [6, 6.07) is 9.55. The van der Waals surface area contributed by atoms with Crippen molar-refractivity contribution in [2.75, 3.05) is 0 Å². The molecular formula is C11H8Br2N2O. The molecule has 0 bridgehead atoms. The van der Waals surface area contributed by atoms with Crippen LogP contribution >= 0.6 is 31.9 Å². The van der Waals surface area contributed by atoms with Crippen LogP contribution in [0.3, 0.4) is 0 Å². The predicted octanol–water partition coefficient (Wildman–Crippen LogP) is 3.09. The molecular weight excluding hydrogens is 336 g/mol. The molecule has 5 heteroatoms. The van der Waals surface area contributed by atoms with Gasteiger partial charge in [-0.15, -0.1) is 0 Å². The number of rotatable bonds is 2. The monoisotopic (exact) mass is 342 g/mol. The maximum absolute atomic E-state index is 11.6. The van der Waals surface area contributed by atoms with Crippen LogP contribution in [0, 0.1) is 0 Å². The number of nitrogens with zero attached hydrogens (tertiary/aromatic N) is 1. The number of H-pyrrole nitrogens is 1. The van der Waals surface area contributed by atoms with Crippen LogP contribution in [0.15, 0.2) is 39.6 Å². The number of nitrogens with one attached hydrogen (secondary N) is 1. The van der Waals surface area contributed by atoms with E-state index < -0.39 is 0 Å². The van der Waals surface area contributed by atoms with Crippen LogP contribution in [0.1, 0.15) is 5.69 Å². The highest BCUT2D eigenvalue weighted by Gasteiger charge is 2.08. The first-order valence-corrected chi connectivity index (χ1v) is 6.54. The highest BCUT2D eigenvalue weighted by Crippen LogP contribution is 2.17. The van der Waals surface area contributed by atoms with Crippen molar-refractivity contribution in [2.24, 2.45) is 0 Å². The lowest BCUT2D eigenvalue weighted by atomic mass is 10.2. The minimum absolute atomic E-state index is 0.164. The fourth-order valence-electron chi connectivity index (χ4n) is 1.33. The maximum atomic E-state index is 11.6. The van der Waals surface area contributed by atoms with Gasteiger partial charge >= 0.3 is 0 Å². The van der Waals surface area contributed by atoms with Crippen LogP contribution in [-0.2, 0) is 5.33 Å². The first kappa shape index (κ1) is 11.5. The average Bonchev–Trinajstić information content (AvgIpc) is 2.33. The zero-order chi connectivity index (χ0) is 11.5. The van der Waals surface area contributed by atoms with E-state index in [-0.39, 0.29) is 5.56 Å². The molecule has 0 saturated heterocycles. The van der Waals surface area contributed by atoms with E-state index in [1.807, 2.05) is 30.3 Å². The lowest BCUT2D eigenvalue weighted by Gasteiger charge is -2.04. The normalized spacial score (nSPS) is 10.4. The number of hydrogen-bond acceptors (Lipinski definition) is 2. The number of hydrogen-bond donors (Lipinski definition) is 1. The van der Waals surface area contributed by atoms with E-state index in [0.717, 1.165) is 5.56 Å². The summed E-state index contributed by atoms with van der Waals surface area (Å²) in [6.45, 7) is 0. The molecule has 0 fully saturated rings. The molecule has 0 atom stereocenters. The summed E-state index contributed by atoms with van der Waals surface area (Å²) in [4.78, 5) is 18.7. The average molecular weight is 344 g/mol. The van der Waals surface area contributed by atoms with E-state index in [0.29, 0.717) is 21.3 Å². The van der Waals surface area contributed by atoms with Crippen molar-refractivity contribution < 1.29 is 0 Å². The Morgan fingerprint density at radius 2 is 1.94 bits per heavy atom. The molecule has 0 radical (unpaired) electrons. The van der Waals surface area contributed by atoms with Gasteiger partial charge in [0.2, 0.25) is 0 Å². The molecule has 1 heterocycles. The van der Waals surface area contributed by atoms with Gasteiger partial charge in [-0.25, -0.2) is 4.98 Å². The summed E-state index contributed by atoms with van der Waals surface area (Å²) < 4.78 is 0.476. The standard InChI is InChI=1S/C11H8Br2N2O/c12-6-8-9(13)11(16)15-10(14-8)7-4-2-1-3-5-7/h1-5H,6H2,(H,14,15,16). The Labute approximate surface area is 109 Å². The van der Waals surface area contributed by atoms with Gasteiger partial charge in [0.25, 0.3) is 5.56 Å². The second kappa shape index (κ2) is 4.93. The van der Waals surface area contributed by atoms with Gasteiger partial charge in [0.15, 0.2) is 0 Å². The number of aromatic amines is 1. The Balaban J connectivity index is 2.60. The summed E-state index contributed by atoms with van der Waals surface area (Å²) in [7, 11) is 0. The molecule has 1 aromatic carbocycles. The van der Waals surface area contributed by atoms with Crippen LogP contribution < -0.4 is 5.56 Å². The number of halogens is 2. The Kier molecular flexibility index (Phi) is 3.56. The zero-order valence-electron chi connectivity index (χ0n) is 8.21. The molecule has 0 unspecified atom stereocenters. The van der Waals surface area contributed by atoms with Gasteiger partial charge in [-0.05, 0) is 15.9 Å².